The zero-order chi connectivity index (χ0) is 14.4. The van der Waals surface area contributed by atoms with Crippen molar-refractivity contribution < 1.29 is 4.79 Å². The molecule has 104 valence electrons. The van der Waals surface area contributed by atoms with Gasteiger partial charge in [-0.3, -0.25) is 4.79 Å². The molecular formula is C15H15BrN2OS. The minimum atomic E-state index is -0.00837. The highest BCUT2D eigenvalue weighted by molar-refractivity contribution is 9.10. The van der Waals surface area contributed by atoms with Crippen molar-refractivity contribution in [2.24, 2.45) is 0 Å². The summed E-state index contributed by atoms with van der Waals surface area (Å²) in [6, 6.07) is 11.8. The Labute approximate surface area is 131 Å². The van der Waals surface area contributed by atoms with E-state index in [2.05, 4.69) is 26.2 Å². The third-order valence-corrected chi connectivity index (χ3v) is 4.13. The van der Waals surface area contributed by atoms with Gasteiger partial charge in [-0.15, -0.1) is 11.8 Å². The second-order valence-electron chi connectivity index (χ2n) is 4.32. The average Bonchev–Trinajstić information content (AvgIpc) is 2.44. The van der Waals surface area contributed by atoms with E-state index in [1.165, 1.54) is 0 Å². The molecule has 20 heavy (non-hydrogen) atoms. The topological polar surface area (TPSA) is 42.0 Å². The Bertz CT molecular complexity index is 569. The normalized spacial score (nSPS) is 10.3. The fraction of sp³-hybridized carbons (Fsp3) is 0.200. The van der Waals surface area contributed by atoms with Gasteiger partial charge in [-0.2, -0.15) is 0 Å². The summed E-state index contributed by atoms with van der Waals surface area (Å²) in [5.74, 6) is 1.35. The number of carbonyl (C=O) groups excluding carboxylic acids is 1. The maximum atomic E-state index is 11.8. The monoisotopic (exact) mass is 350 g/mol. The molecule has 0 fully saturated rings. The Morgan fingerprint density at radius 1 is 1.25 bits per heavy atom. The maximum Gasteiger partial charge on any atom is 0.226 e. The van der Waals surface area contributed by atoms with Crippen LogP contribution < -0.4 is 5.32 Å². The summed E-state index contributed by atoms with van der Waals surface area (Å²) in [5, 5.41) is 2.79. The van der Waals surface area contributed by atoms with Gasteiger partial charge < -0.3 is 5.32 Å². The van der Waals surface area contributed by atoms with Gasteiger partial charge in [0.05, 0.1) is 0 Å². The summed E-state index contributed by atoms with van der Waals surface area (Å²) in [7, 11) is 0. The van der Waals surface area contributed by atoms with E-state index in [1.54, 1.807) is 18.0 Å². The van der Waals surface area contributed by atoms with E-state index in [0.717, 1.165) is 20.7 Å². The SMILES string of the molecule is Cc1ccc(NC(=O)CCSc2ccc(Br)cc2)nc1. The van der Waals surface area contributed by atoms with Crippen LogP contribution >= 0.6 is 27.7 Å². The Kier molecular flexibility index (Phi) is 5.61. The van der Waals surface area contributed by atoms with Crippen molar-refractivity contribution in [3.8, 4) is 0 Å². The number of nitrogens with one attached hydrogen (secondary N) is 1. The minimum absolute atomic E-state index is 0.00837. The molecule has 1 aromatic heterocycles. The minimum Gasteiger partial charge on any atom is -0.311 e. The van der Waals surface area contributed by atoms with E-state index in [0.29, 0.717) is 12.2 Å². The fourth-order valence-electron chi connectivity index (χ4n) is 1.54. The zero-order valence-electron chi connectivity index (χ0n) is 11.1. The number of thioether (sulfide) groups is 1. The maximum absolute atomic E-state index is 11.8. The number of rotatable bonds is 5. The molecule has 0 bridgehead atoms. The molecule has 1 amide bonds. The van der Waals surface area contributed by atoms with Crippen LogP contribution in [0.2, 0.25) is 0 Å². The number of pyridine rings is 1. The third-order valence-electron chi connectivity index (χ3n) is 2.59. The lowest BCUT2D eigenvalue weighted by molar-refractivity contribution is -0.115. The molecule has 0 unspecified atom stereocenters. The first kappa shape index (κ1) is 15.1. The van der Waals surface area contributed by atoms with Gasteiger partial charge >= 0.3 is 0 Å². The van der Waals surface area contributed by atoms with E-state index >= 15 is 0 Å². The molecule has 0 aliphatic heterocycles. The van der Waals surface area contributed by atoms with Crippen molar-refractivity contribution in [3.63, 3.8) is 0 Å². The smallest absolute Gasteiger partial charge is 0.226 e. The number of hydrogen-bond acceptors (Lipinski definition) is 3. The summed E-state index contributed by atoms with van der Waals surface area (Å²) in [6.07, 6.45) is 2.21. The molecule has 0 spiro atoms. The van der Waals surface area contributed by atoms with Gasteiger partial charge in [0.2, 0.25) is 5.91 Å². The van der Waals surface area contributed by atoms with Gasteiger partial charge in [-0.25, -0.2) is 4.98 Å². The first-order chi connectivity index (χ1) is 9.63. The number of benzene rings is 1. The second kappa shape index (κ2) is 7.45. The van der Waals surface area contributed by atoms with E-state index in [4.69, 9.17) is 0 Å². The standard InChI is InChI=1S/C15H15BrN2OS/c1-11-2-7-14(17-10-11)18-15(19)8-9-20-13-5-3-12(16)4-6-13/h2-7,10H,8-9H2,1H3,(H,17,18,19). The van der Waals surface area contributed by atoms with Crippen LogP contribution in [0.25, 0.3) is 0 Å². The molecule has 1 heterocycles. The molecule has 0 saturated heterocycles. The highest BCUT2D eigenvalue weighted by Crippen LogP contribution is 2.21. The molecule has 0 radical (unpaired) electrons. The summed E-state index contributed by atoms with van der Waals surface area (Å²) >= 11 is 5.07. The van der Waals surface area contributed by atoms with Gasteiger partial charge in [-0.05, 0) is 42.8 Å². The van der Waals surface area contributed by atoms with E-state index < -0.39 is 0 Å². The zero-order valence-corrected chi connectivity index (χ0v) is 13.5. The number of hydrogen-bond donors (Lipinski definition) is 1. The van der Waals surface area contributed by atoms with Crippen molar-refractivity contribution in [2.75, 3.05) is 11.1 Å². The van der Waals surface area contributed by atoms with Crippen molar-refractivity contribution in [2.45, 2.75) is 18.2 Å². The number of carbonyl (C=O) groups is 1. The van der Waals surface area contributed by atoms with Gasteiger partial charge in [0.1, 0.15) is 5.82 Å². The van der Waals surface area contributed by atoms with Crippen molar-refractivity contribution >= 4 is 39.4 Å². The van der Waals surface area contributed by atoms with Crippen LogP contribution in [-0.2, 0) is 4.79 Å². The van der Waals surface area contributed by atoms with Crippen LogP contribution in [0.1, 0.15) is 12.0 Å². The van der Waals surface area contributed by atoms with Crippen molar-refractivity contribution in [1.82, 2.24) is 4.98 Å². The third kappa shape index (κ3) is 4.98. The summed E-state index contributed by atoms with van der Waals surface area (Å²) < 4.78 is 1.06. The summed E-state index contributed by atoms with van der Waals surface area (Å²) in [6.45, 7) is 1.97. The quantitative estimate of drug-likeness (QED) is 0.818. The number of aromatic nitrogens is 1. The first-order valence-electron chi connectivity index (χ1n) is 6.24. The summed E-state index contributed by atoms with van der Waals surface area (Å²) in [4.78, 5) is 17.1. The fourth-order valence-corrected chi connectivity index (χ4v) is 2.66. The van der Waals surface area contributed by atoms with Crippen LogP contribution in [0.5, 0.6) is 0 Å². The molecule has 0 aliphatic rings. The first-order valence-corrected chi connectivity index (χ1v) is 8.02. The number of aryl methyl sites for hydroxylation is 1. The van der Waals surface area contributed by atoms with Crippen LogP contribution in [0, 0.1) is 6.92 Å². The van der Waals surface area contributed by atoms with Gasteiger partial charge in [-0.1, -0.05) is 22.0 Å². The highest BCUT2D eigenvalue weighted by Gasteiger charge is 2.03. The Balaban J connectivity index is 1.75. The number of halogens is 1. The summed E-state index contributed by atoms with van der Waals surface area (Å²) in [5.41, 5.74) is 1.08. The molecule has 0 atom stereocenters. The van der Waals surface area contributed by atoms with E-state index in [-0.39, 0.29) is 5.91 Å². The Hall–Kier alpha value is -1.33. The predicted molar refractivity (Wildman–Crippen MR) is 87.1 cm³/mol. The number of anilines is 1. The van der Waals surface area contributed by atoms with Gasteiger partial charge in [0.25, 0.3) is 0 Å². The Morgan fingerprint density at radius 3 is 2.65 bits per heavy atom. The largest absolute Gasteiger partial charge is 0.311 e. The van der Waals surface area contributed by atoms with E-state index in [1.807, 2.05) is 43.3 Å². The molecule has 3 nitrogen and oxygen atoms in total. The molecule has 0 aliphatic carbocycles. The van der Waals surface area contributed by atoms with Crippen LogP contribution in [0.15, 0.2) is 52.0 Å². The Morgan fingerprint density at radius 2 is 2.00 bits per heavy atom. The second-order valence-corrected chi connectivity index (χ2v) is 6.41. The molecule has 0 saturated carbocycles. The van der Waals surface area contributed by atoms with Gasteiger partial charge in [0, 0.05) is 27.7 Å². The highest BCUT2D eigenvalue weighted by atomic mass is 79.9. The molecule has 1 N–H and O–H groups in total. The molecule has 1 aromatic carbocycles. The molecule has 2 aromatic rings. The lowest BCUT2D eigenvalue weighted by Crippen LogP contribution is -2.13. The van der Waals surface area contributed by atoms with Crippen molar-refractivity contribution in [1.29, 1.82) is 0 Å². The van der Waals surface area contributed by atoms with E-state index in [9.17, 15) is 4.79 Å². The molecule has 2 rings (SSSR count). The van der Waals surface area contributed by atoms with Crippen LogP contribution in [-0.4, -0.2) is 16.6 Å². The average molecular weight is 351 g/mol. The molecule has 5 heteroatoms. The molecular weight excluding hydrogens is 336 g/mol. The van der Waals surface area contributed by atoms with Crippen LogP contribution in [0.3, 0.4) is 0 Å². The van der Waals surface area contributed by atoms with Crippen LogP contribution in [0.4, 0.5) is 5.82 Å². The number of nitrogens with zero attached hydrogens (tertiary/aromatic N) is 1. The van der Waals surface area contributed by atoms with Gasteiger partial charge in [0.15, 0.2) is 0 Å². The predicted octanol–water partition coefficient (Wildman–Crippen LogP) is 4.27. The van der Waals surface area contributed by atoms with Crippen molar-refractivity contribution in [3.05, 3.63) is 52.6 Å². The lowest BCUT2D eigenvalue weighted by Gasteiger charge is -2.05. The lowest BCUT2D eigenvalue weighted by atomic mass is 10.3. The number of amides is 1.